The minimum Gasteiger partial charge on any atom is -0.480 e. The fourth-order valence-corrected chi connectivity index (χ4v) is 1.33. The van der Waals surface area contributed by atoms with Crippen LogP contribution in [0.3, 0.4) is 0 Å². The zero-order valence-corrected chi connectivity index (χ0v) is 10.8. The highest BCUT2D eigenvalue weighted by atomic mass is 16.5. The third-order valence-corrected chi connectivity index (χ3v) is 2.36. The summed E-state index contributed by atoms with van der Waals surface area (Å²) in [6.07, 6.45) is 0.0757. The van der Waals surface area contributed by atoms with Crippen molar-refractivity contribution >= 4 is 12.0 Å². The van der Waals surface area contributed by atoms with Gasteiger partial charge in [-0.2, -0.15) is 5.26 Å². The monoisotopic (exact) mass is 273 g/mol. The quantitative estimate of drug-likeness (QED) is 0.515. The van der Waals surface area contributed by atoms with E-state index in [4.69, 9.17) is 20.2 Å². The Kier molecular flexibility index (Phi) is 9.12. The number of hydrogen-bond donors (Lipinski definition) is 3. The predicted octanol–water partition coefficient (Wildman–Crippen LogP) is -0.606. The largest absolute Gasteiger partial charge is 0.480 e. The minimum atomic E-state index is -1.21. The molecule has 3 N–H and O–H groups in total. The van der Waals surface area contributed by atoms with Gasteiger partial charge in [-0.3, -0.25) is 0 Å². The molecule has 0 radical (unpaired) electrons. The van der Waals surface area contributed by atoms with Crippen LogP contribution in [0.5, 0.6) is 0 Å². The average Bonchev–Trinajstić information content (AvgIpc) is 2.38. The van der Waals surface area contributed by atoms with Crippen LogP contribution in [-0.2, 0) is 9.53 Å². The summed E-state index contributed by atoms with van der Waals surface area (Å²) in [5.41, 5.74) is 0. The fraction of sp³-hybridized carbons (Fsp3) is 0.727. The van der Waals surface area contributed by atoms with Gasteiger partial charge in [-0.25, -0.2) is 9.59 Å². The fourth-order valence-electron chi connectivity index (χ4n) is 1.33. The number of ether oxygens (including phenoxy) is 1. The smallest absolute Gasteiger partial charge is 0.326 e. The van der Waals surface area contributed by atoms with Crippen LogP contribution in [0.1, 0.15) is 12.8 Å². The molecule has 0 bridgehead atoms. The Labute approximate surface area is 111 Å². The van der Waals surface area contributed by atoms with Crippen molar-refractivity contribution in [3.05, 3.63) is 0 Å². The summed E-state index contributed by atoms with van der Waals surface area (Å²) in [6.45, 7) is 0.400. The highest BCUT2D eigenvalue weighted by Gasteiger charge is 2.22. The first-order valence-electron chi connectivity index (χ1n) is 5.81. The first-order valence-corrected chi connectivity index (χ1v) is 5.81. The van der Waals surface area contributed by atoms with Crippen LogP contribution in [0.25, 0.3) is 0 Å². The van der Waals surface area contributed by atoms with Gasteiger partial charge in [0.05, 0.1) is 19.1 Å². The average molecular weight is 273 g/mol. The second-order valence-corrected chi connectivity index (χ2v) is 3.74. The molecule has 2 amide bonds. The molecule has 19 heavy (non-hydrogen) atoms. The van der Waals surface area contributed by atoms with E-state index in [-0.39, 0.29) is 39.1 Å². The van der Waals surface area contributed by atoms with Gasteiger partial charge in [0.1, 0.15) is 6.04 Å². The molecule has 0 heterocycles. The molecular weight excluding hydrogens is 254 g/mol. The lowest BCUT2D eigenvalue weighted by Crippen LogP contribution is -2.49. The van der Waals surface area contributed by atoms with Gasteiger partial charge < -0.3 is 25.2 Å². The third kappa shape index (κ3) is 7.23. The van der Waals surface area contributed by atoms with Crippen LogP contribution in [0.15, 0.2) is 0 Å². The molecule has 0 spiro atoms. The molecule has 0 aromatic carbocycles. The van der Waals surface area contributed by atoms with E-state index in [9.17, 15) is 9.59 Å². The number of hydrogen-bond acceptors (Lipinski definition) is 5. The standard InChI is InChI=1S/C11H19N3O5/c1-19-8-6-14(5-2-4-12)11(18)13-9(3-7-15)10(16)17/h9,15H,2-3,5-8H2,1H3,(H,13,18)(H,16,17). The molecule has 0 rings (SSSR count). The zero-order chi connectivity index (χ0) is 14.7. The van der Waals surface area contributed by atoms with E-state index in [1.54, 1.807) is 0 Å². The van der Waals surface area contributed by atoms with Crippen molar-refractivity contribution in [1.29, 1.82) is 5.26 Å². The zero-order valence-electron chi connectivity index (χ0n) is 10.8. The second kappa shape index (κ2) is 10.1. The van der Waals surface area contributed by atoms with Gasteiger partial charge in [0.25, 0.3) is 0 Å². The van der Waals surface area contributed by atoms with Crippen molar-refractivity contribution in [2.24, 2.45) is 0 Å². The Morgan fingerprint density at radius 3 is 2.63 bits per heavy atom. The Bertz CT molecular complexity index is 329. The highest BCUT2D eigenvalue weighted by Crippen LogP contribution is 1.97. The summed E-state index contributed by atoms with van der Waals surface area (Å²) >= 11 is 0. The van der Waals surface area contributed by atoms with Gasteiger partial charge in [0.15, 0.2) is 0 Å². The summed E-state index contributed by atoms with van der Waals surface area (Å²) < 4.78 is 4.84. The molecule has 0 saturated heterocycles. The number of carbonyl (C=O) groups excluding carboxylic acids is 1. The summed E-state index contributed by atoms with van der Waals surface area (Å²) in [7, 11) is 1.48. The minimum absolute atomic E-state index is 0.0720. The molecule has 0 aliphatic carbocycles. The number of rotatable bonds is 9. The topological polar surface area (TPSA) is 123 Å². The maximum absolute atomic E-state index is 11.8. The number of carboxylic acids is 1. The molecule has 0 saturated carbocycles. The van der Waals surface area contributed by atoms with Crippen LogP contribution < -0.4 is 5.32 Å². The molecule has 0 aromatic rings. The van der Waals surface area contributed by atoms with Gasteiger partial charge in [-0.15, -0.1) is 0 Å². The number of nitrogens with zero attached hydrogens (tertiary/aromatic N) is 2. The number of carbonyl (C=O) groups is 2. The lowest BCUT2D eigenvalue weighted by molar-refractivity contribution is -0.139. The van der Waals surface area contributed by atoms with Gasteiger partial charge in [0, 0.05) is 33.2 Å². The molecule has 8 heteroatoms. The van der Waals surface area contributed by atoms with Gasteiger partial charge in [-0.05, 0) is 0 Å². The summed E-state index contributed by atoms with van der Waals surface area (Å²) in [6, 6.07) is 0.174. The number of methoxy groups -OCH3 is 1. The van der Waals surface area contributed by atoms with E-state index < -0.39 is 18.0 Å². The van der Waals surface area contributed by atoms with E-state index in [0.717, 1.165) is 0 Å². The first kappa shape index (κ1) is 17.2. The van der Waals surface area contributed by atoms with Crippen LogP contribution in [-0.4, -0.2) is 66.6 Å². The van der Waals surface area contributed by atoms with E-state index in [2.05, 4.69) is 5.32 Å². The van der Waals surface area contributed by atoms with Crippen molar-refractivity contribution in [3.8, 4) is 6.07 Å². The van der Waals surface area contributed by atoms with E-state index in [1.165, 1.54) is 12.0 Å². The maximum atomic E-state index is 11.8. The Balaban J connectivity index is 4.50. The number of aliphatic hydroxyl groups excluding tert-OH is 1. The summed E-state index contributed by atoms with van der Waals surface area (Å²) in [5, 5.41) is 28.4. The number of urea groups is 1. The summed E-state index contributed by atoms with van der Waals surface area (Å²) in [4.78, 5) is 24.0. The van der Waals surface area contributed by atoms with Crippen molar-refractivity contribution in [1.82, 2.24) is 10.2 Å². The predicted molar refractivity (Wildman–Crippen MR) is 65.3 cm³/mol. The third-order valence-electron chi connectivity index (χ3n) is 2.36. The Morgan fingerprint density at radius 1 is 1.47 bits per heavy atom. The number of aliphatic hydroxyl groups is 1. The lowest BCUT2D eigenvalue weighted by atomic mass is 10.2. The molecule has 108 valence electrons. The molecule has 0 aromatic heterocycles. The molecular formula is C11H19N3O5. The van der Waals surface area contributed by atoms with Crippen LogP contribution in [0.4, 0.5) is 4.79 Å². The Morgan fingerprint density at radius 2 is 2.16 bits per heavy atom. The van der Waals surface area contributed by atoms with Crippen LogP contribution in [0.2, 0.25) is 0 Å². The molecule has 0 fully saturated rings. The number of nitrogens with one attached hydrogen (secondary N) is 1. The lowest BCUT2D eigenvalue weighted by Gasteiger charge is -2.24. The SMILES string of the molecule is COCCN(CCC#N)C(=O)NC(CCO)C(=O)O. The molecule has 0 aliphatic rings. The molecule has 0 aliphatic heterocycles. The Hall–Kier alpha value is -1.85. The van der Waals surface area contributed by atoms with E-state index in [1.807, 2.05) is 6.07 Å². The van der Waals surface area contributed by atoms with Crippen LogP contribution >= 0.6 is 0 Å². The van der Waals surface area contributed by atoms with Gasteiger partial charge in [-0.1, -0.05) is 0 Å². The molecule has 8 nitrogen and oxygen atoms in total. The van der Waals surface area contributed by atoms with E-state index >= 15 is 0 Å². The molecule has 1 atom stereocenters. The summed E-state index contributed by atoms with van der Waals surface area (Å²) in [5.74, 6) is -1.21. The second-order valence-electron chi connectivity index (χ2n) is 3.74. The first-order chi connectivity index (χ1) is 9.06. The maximum Gasteiger partial charge on any atom is 0.326 e. The van der Waals surface area contributed by atoms with Crippen molar-refractivity contribution in [3.63, 3.8) is 0 Å². The number of amides is 2. The number of nitriles is 1. The normalized spacial score (nSPS) is 11.4. The number of carboxylic acid groups (broad SMARTS) is 1. The van der Waals surface area contributed by atoms with Crippen molar-refractivity contribution in [2.75, 3.05) is 33.4 Å². The van der Waals surface area contributed by atoms with Gasteiger partial charge >= 0.3 is 12.0 Å². The van der Waals surface area contributed by atoms with Crippen LogP contribution in [0, 0.1) is 11.3 Å². The highest BCUT2D eigenvalue weighted by molar-refractivity contribution is 5.82. The van der Waals surface area contributed by atoms with Crippen molar-refractivity contribution < 1.29 is 24.5 Å². The van der Waals surface area contributed by atoms with Gasteiger partial charge in [0.2, 0.25) is 0 Å². The van der Waals surface area contributed by atoms with E-state index in [0.29, 0.717) is 0 Å². The molecule has 1 unspecified atom stereocenters. The van der Waals surface area contributed by atoms with Crippen molar-refractivity contribution in [2.45, 2.75) is 18.9 Å². The number of aliphatic carboxylic acids is 1.